The van der Waals surface area contributed by atoms with Crippen molar-refractivity contribution < 1.29 is 23.0 Å². The minimum absolute atomic E-state index is 0.0239. The molecule has 1 rings (SSSR count). The normalized spacial score (nSPS) is 15.1. The van der Waals surface area contributed by atoms with Gasteiger partial charge in [0, 0.05) is 12.1 Å². The van der Waals surface area contributed by atoms with E-state index >= 15 is 0 Å². The van der Waals surface area contributed by atoms with Crippen LogP contribution in [0, 0.1) is 0 Å². The van der Waals surface area contributed by atoms with Gasteiger partial charge in [-0.1, -0.05) is 19.1 Å². The van der Waals surface area contributed by atoms with Crippen molar-refractivity contribution in [2.75, 3.05) is 6.61 Å². The van der Waals surface area contributed by atoms with Gasteiger partial charge in [-0.15, -0.1) is 13.2 Å². The van der Waals surface area contributed by atoms with E-state index in [1.54, 1.807) is 12.1 Å². The summed E-state index contributed by atoms with van der Waals surface area (Å²) < 4.78 is 39.8. The molecule has 0 saturated heterocycles. The topological polar surface area (TPSA) is 41.5 Å². The molecule has 0 amide bonds. The molecule has 0 bridgehead atoms. The molecule has 3 nitrogen and oxygen atoms in total. The van der Waals surface area contributed by atoms with Crippen LogP contribution in [0.25, 0.3) is 0 Å². The zero-order valence-electron chi connectivity index (χ0n) is 10.9. The second-order valence-corrected chi connectivity index (χ2v) is 4.29. The lowest BCUT2D eigenvalue weighted by atomic mass is 10.1. The molecular weight excluding hydrogens is 259 g/mol. The van der Waals surface area contributed by atoms with Gasteiger partial charge >= 0.3 is 6.36 Å². The van der Waals surface area contributed by atoms with E-state index in [-0.39, 0.29) is 24.4 Å². The van der Waals surface area contributed by atoms with Gasteiger partial charge in [-0.05, 0) is 31.0 Å². The van der Waals surface area contributed by atoms with Crippen LogP contribution in [-0.4, -0.2) is 24.1 Å². The maximum atomic E-state index is 12.0. The first-order valence-corrected chi connectivity index (χ1v) is 6.08. The SMILES string of the molecule is CCC(CO)NC(C)c1ccc(OC(F)(F)F)cc1. The number of hydrogen-bond acceptors (Lipinski definition) is 3. The third-order valence-electron chi connectivity index (χ3n) is 2.81. The molecule has 19 heavy (non-hydrogen) atoms. The lowest BCUT2D eigenvalue weighted by molar-refractivity contribution is -0.274. The molecule has 0 aromatic heterocycles. The van der Waals surface area contributed by atoms with E-state index in [0.29, 0.717) is 0 Å². The van der Waals surface area contributed by atoms with Crippen LogP contribution >= 0.6 is 0 Å². The minimum Gasteiger partial charge on any atom is -0.406 e. The Labute approximate surface area is 110 Å². The summed E-state index contributed by atoms with van der Waals surface area (Å²) in [5, 5.41) is 12.3. The van der Waals surface area contributed by atoms with Crippen molar-refractivity contribution in [3.63, 3.8) is 0 Å². The summed E-state index contributed by atoms with van der Waals surface area (Å²) in [4.78, 5) is 0. The Hall–Kier alpha value is -1.27. The van der Waals surface area contributed by atoms with Gasteiger partial charge in [0.05, 0.1) is 6.61 Å². The molecule has 2 unspecified atom stereocenters. The molecule has 108 valence electrons. The van der Waals surface area contributed by atoms with E-state index in [4.69, 9.17) is 5.11 Å². The first kappa shape index (κ1) is 15.8. The van der Waals surface area contributed by atoms with Crippen molar-refractivity contribution in [2.45, 2.75) is 38.7 Å². The van der Waals surface area contributed by atoms with E-state index in [0.717, 1.165) is 12.0 Å². The highest BCUT2D eigenvalue weighted by atomic mass is 19.4. The van der Waals surface area contributed by atoms with Gasteiger partial charge in [0.25, 0.3) is 0 Å². The number of aliphatic hydroxyl groups is 1. The lowest BCUT2D eigenvalue weighted by Gasteiger charge is -2.21. The zero-order valence-corrected chi connectivity index (χ0v) is 10.9. The van der Waals surface area contributed by atoms with Crippen molar-refractivity contribution in [2.24, 2.45) is 0 Å². The Morgan fingerprint density at radius 1 is 1.26 bits per heavy atom. The summed E-state index contributed by atoms with van der Waals surface area (Å²) in [6, 6.07) is 5.62. The van der Waals surface area contributed by atoms with Crippen LogP contribution in [0.5, 0.6) is 5.75 Å². The molecule has 0 radical (unpaired) electrons. The van der Waals surface area contributed by atoms with Crippen LogP contribution in [0.3, 0.4) is 0 Å². The van der Waals surface area contributed by atoms with Gasteiger partial charge in [0.1, 0.15) is 5.75 Å². The van der Waals surface area contributed by atoms with E-state index in [9.17, 15) is 13.2 Å². The Bertz CT molecular complexity index is 374. The third-order valence-corrected chi connectivity index (χ3v) is 2.81. The number of rotatable bonds is 6. The number of aliphatic hydroxyl groups excluding tert-OH is 1. The zero-order chi connectivity index (χ0) is 14.5. The highest BCUT2D eigenvalue weighted by Crippen LogP contribution is 2.24. The Balaban J connectivity index is 2.65. The average molecular weight is 277 g/mol. The predicted molar refractivity (Wildman–Crippen MR) is 65.8 cm³/mol. The average Bonchev–Trinajstić information content (AvgIpc) is 2.34. The van der Waals surface area contributed by atoms with Crippen molar-refractivity contribution in [1.29, 1.82) is 0 Å². The summed E-state index contributed by atoms with van der Waals surface area (Å²) >= 11 is 0. The second kappa shape index (κ2) is 6.77. The molecule has 0 aliphatic carbocycles. The van der Waals surface area contributed by atoms with Crippen LogP contribution in [-0.2, 0) is 0 Å². The van der Waals surface area contributed by atoms with Gasteiger partial charge in [-0.25, -0.2) is 0 Å². The summed E-state index contributed by atoms with van der Waals surface area (Å²) in [6.07, 6.45) is -3.90. The molecule has 0 aliphatic rings. The molecule has 0 spiro atoms. The number of ether oxygens (including phenoxy) is 1. The molecule has 1 aromatic rings. The largest absolute Gasteiger partial charge is 0.573 e. The molecule has 6 heteroatoms. The fraction of sp³-hybridized carbons (Fsp3) is 0.538. The quantitative estimate of drug-likeness (QED) is 0.840. The third kappa shape index (κ3) is 5.48. The van der Waals surface area contributed by atoms with Crippen molar-refractivity contribution >= 4 is 0 Å². The van der Waals surface area contributed by atoms with Crippen LogP contribution < -0.4 is 10.1 Å². The second-order valence-electron chi connectivity index (χ2n) is 4.29. The van der Waals surface area contributed by atoms with Gasteiger partial charge in [-0.2, -0.15) is 0 Å². The summed E-state index contributed by atoms with van der Waals surface area (Å²) in [5.74, 6) is -0.238. The van der Waals surface area contributed by atoms with Gasteiger partial charge < -0.3 is 15.2 Å². The number of nitrogens with one attached hydrogen (secondary N) is 1. The maximum absolute atomic E-state index is 12.0. The molecule has 0 fully saturated rings. The maximum Gasteiger partial charge on any atom is 0.573 e. The van der Waals surface area contributed by atoms with E-state index in [1.807, 2.05) is 13.8 Å². The Morgan fingerprint density at radius 2 is 1.84 bits per heavy atom. The van der Waals surface area contributed by atoms with E-state index < -0.39 is 6.36 Å². The van der Waals surface area contributed by atoms with Gasteiger partial charge in [-0.3, -0.25) is 0 Å². The summed E-state index contributed by atoms with van der Waals surface area (Å²) in [5.41, 5.74) is 0.835. The Morgan fingerprint density at radius 3 is 2.26 bits per heavy atom. The molecular formula is C13H18F3NO2. The summed E-state index contributed by atoms with van der Waals surface area (Å²) in [6.45, 7) is 3.86. The molecule has 0 heterocycles. The van der Waals surface area contributed by atoms with E-state index in [1.165, 1.54) is 12.1 Å². The fourth-order valence-electron chi connectivity index (χ4n) is 1.71. The predicted octanol–water partition coefficient (Wildman–Crippen LogP) is 3.01. The molecule has 2 N–H and O–H groups in total. The van der Waals surface area contributed by atoms with Crippen LogP contribution in [0.1, 0.15) is 31.9 Å². The van der Waals surface area contributed by atoms with E-state index in [2.05, 4.69) is 10.1 Å². The first-order valence-electron chi connectivity index (χ1n) is 6.08. The Kier molecular flexibility index (Phi) is 5.62. The standard InChI is InChI=1S/C13H18F3NO2/c1-3-11(8-18)17-9(2)10-4-6-12(7-5-10)19-13(14,15)16/h4-7,9,11,17-18H,3,8H2,1-2H3. The number of halogens is 3. The number of hydrogen-bond donors (Lipinski definition) is 2. The van der Waals surface area contributed by atoms with Crippen LogP contribution in [0.4, 0.5) is 13.2 Å². The van der Waals surface area contributed by atoms with Crippen molar-refractivity contribution in [3.05, 3.63) is 29.8 Å². The first-order chi connectivity index (χ1) is 8.85. The lowest BCUT2D eigenvalue weighted by Crippen LogP contribution is -2.33. The van der Waals surface area contributed by atoms with Gasteiger partial charge in [0.15, 0.2) is 0 Å². The van der Waals surface area contributed by atoms with Crippen molar-refractivity contribution in [3.8, 4) is 5.75 Å². The molecule has 1 aromatic carbocycles. The highest BCUT2D eigenvalue weighted by Gasteiger charge is 2.31. The summed E-state index contributed by atoms with van der Waals surface area (Å²) in [7, 11) is 0. The molecule has 2 atom stereocenters. The van der Waals surface area contributed by atoms with Crippen LogP contribution in [0.15, 0.2) is 24.3 Å². The number of benzene rings is 1. The molecule has 0 saturated carbocycles. The number of alkyl halides is 3. The minimum atomic E-state index is -4.67. The smallest absolute Gasteiger partial charge is 0.406 e. The highest BCUT2D eigenvalue weighted by molar-refractivity contribution is 5.29. The fourth-order valence-corrected chi connectivity index (χ4v) is 1.71. The molecule has 0 aliphatic heterocycles. The van der Waals surface area contributed by atoms with Gasteiger partial charge in [0.2, 0.25) is 0 Å². The van der Waals surface area contributed by atoms with Crippen LogP contribution in [0.2, 0.25) is 0 Å². The monoisotopic (exact) mass is 277 g/mol. The van der Waals surface area contributed by atoms with Crippen molar-refractivity contribution in [1.82, 2.24) is 5.32 Å².